The zero-order valence-corrected chi connectivity index (χ0v) is 10.7. The topological polar surface area (TPSA) is 54.9 Å². The number of carbonyl (C=O) groups excluding carboxylic acids is 1. The third kappa shape index (κ3) is 3.10. The summed E-state index contributed by atoms with van der Waals surface area (Å²) < 4.78 is 0.836. The zero-order valence-electron chi connectivity index (χ0n) is 9.14. The Morgan fingerprint density at radius 2 is 2.00 bits per heavy atom. The molecule has 5 heteroatoms. The number of hydrogen-bond acceptors (Lipinski definition) is 3. The Labute approximate surface area is 107 Å². The van der Waals surface area contributed by atoms with Crippen LogP contribution in [0.3, 0.4) is 0 Å². The molecule has 0 unspecified atom stereocenters. The minimum Gasteiger partial charge on any atom is -0.305 e. The summed E-state index contributed by atoms with van der Waals surface area (Å²) >= 11 is 3.26. The predicted molar refractivity (Wildman–Crippen MR) is 68.9 cm³/mol. The molecule has 0 spiro atoms. The van der Waals surface area contributed by atoms with Crippen LogP contribution in [-0.2, 0) is 0 Å². The minimum absolute atomic E-state index is 0.270. The van der Waals surface area contributed by atoms with Crippen molar-refractivity contribution in [1.29, 1.82) is 0 Å². The van der Waals surface area contributed by atoms with Crippen LogP contribution >= 0.6 is 15.9 Å². The Bertz CT molecular complexity index is 522. The van der Waals surface area contributed by atoms with Gasteiger partial charge in [0.15, 0.2) is 0 Å². The van der Waals surface area contributed by atoms with Crippen LogP contribution < -0.4 is 5.32 Å². The molecule has 17 heavy (non-hydrogen) atoms. The molecule has 86 valence electrons. The van der Waals surface area contributed by atoms with Gasteiger partial charge in [0.25, 0.3) is 5.91 Å². The molecule has 2 heterocycles. The van der Waals surface area contributed by atoms with Gasteiger partial charge in [0.05, 0.1) is 0 Å². The number of amides is 1. The number of nitrogens with one attached hydrogen (secondary N) is 1. The van der Waals surface area contributed by atoms with Crippen molar-refractivity contribution in [3.05, 3.63) is 52.4 Å². The van der Waals surface area contributed by atoms with E-state index < -0.39 is 0 Å². The van der Waals surface area contributed by atoms with Gasteiger partial charge in [0, 0.05) is 16.9 Å². The van der Waals surface area contributed by atoms with E-state index >= 15 is 0 Å². The highest BCUT2D eigenvalue weighted by atomic mass is 79.9. The summed E-state index contributed by atoms with van der Waals surface area (Å²) in [4.78, 5) is 19.9. The van der Waals surface area contributed by atoms with Crippen LogP contribution in [0.15, 0.2) is 41.1 Å². The Hall–Kier alpha value is -1.75. The van der Waals surface area contributed by atoms with Gasteiger partial charge >= 0.3 is 0 Å². The first kappa shape index (κ1) is 11.7. The highest BCUT2D eigenvalue weighted by Crippen LogP contribution is 2.09. The summed E-state index contributed by atoms with van der Waals surface area (Å²) in [7, 11) is 0. The monoisotopic (exact) mass is 291 g/mol. The van der Waals surface area contributed by atoms with Crippen molar-refractivity contribution in [1.82, 2.24) is 9.97 Å². The second kappa shape index (κ2) is 5.05. The normalized spacial score (nSPS) is 10.0. The number of anilines is 1. The molecule has 0 saturated carbocycles. The predicted octanol–water partition coefficient (Wildman–Crippen LogP) is 2.80. The quantitative estimate of drug-likeness (QED) is 0.926. The molecule has 0 atom stereocenters. The van der Waals surface area contributed by atoms with E-state index in [0.29, 0.717) is 11.5 Å². The van der Waals surface area contributed by atoms with Gasteiger partial charge in [0.2, 0.25) is 0 Å². The maximum Gasteiger partial charge on any atom is 0.275 e. The van der Waals surface area contributed by atoms with Gasteiger partial charge in [0.1, 0.15) is 11.5 Å². The molecule has 0 bridgehead atoms. The number of rotatable bonds is 2. The maximum absolute atomic E-state index is 11.8. The summed E-state index contributed by atoms with van der Waals surface area (Å²) in [6, 6.07) is 7.06. The fourth-order valence-corrected chi connectivity index (χ4v) is 1.47. The lowest BCUT2D eigenvalue weighted by Crippen LogP contribution is -2.14. The van der Waals surface area contributed by atoms with E-state index in [4.69, 9.17) is 0 Å². The summed E-state index contributed by atoms with van der Waals surface area (Å²) in [6.45, 7) is 1.94. The molecule has 0 aliphatic carbocycles. The number of pyridine rings is 2. The van der Waals surface area contributed by atoms with Crippen LogP contribution in [-0.4, -0.2) is 15.9 Å². The fraction of sp³-hybridized carbons (Fsp3) is 0.0833. The average molecular weight is 292 g/mol. The van der Waals surface area contributed by atoms with Gasteiger partial charge in [-0.05, 0) is 46.6 Å². The Kier molecular flexibility index (Phi) is 3.49. The lowest BCUT2D eigenvalue weighted by molar-refractivity contribution is 0.102. The van der Waals surface area contributed by atoms with E-state index in [1.54, 1.807) is 30.6 Å². The smallest absolute Gasteiger partial charge is 0.275 e. The van der Waals surface area contributed by atoms with E-state index in [9.17, 15) is 4.79 Å². The van der Waals surface area contributed by atoms with Crippen LogP contribution in [0.5, 0.6) is 0 Å². The van der Waals surface area contributed by atoms with Crippen molar-refractivity contribution < 1.29 is 4.79 Å². The van der Waals surface area contributed by atoms with E-state index in [1.807, 2.05) is 13.0 Å². The molecule has 4 nitrogen and oxygen atoms in total. The number of carbonyl (C=O) groups is 1. The van der Waals surface area contributed by atoms with Gasteiger partial charge in [-0.1, -0.05) is 6.07 Å². The maximum atomic E-state index is 11.8. The summed E-state index contributed by atoms with van der Waals surface area (Å²) in [6.07, 6.45) is 3.28. The third-order valence-electron chi connectivity index (χ3n) is 2.11. The second-order valence-electron chi connectivity index (χ2n) is 3.54. The van der Waals surface area contributed by atoms with E-state index in [2.05, 4.69) is 31.2 Å². The average Bonchev–Trinajstić information content (AvgIpc) is 2.33. The van der Waals surface area contributed by atoms with E-state index in [1.165, 1.54) is 0 Å². The van der Waals surface area contributed by atoms with Crippen LogP contribution in [0.1, 0.15) is 16.1 Å². The minimum atomic E-state index is -0.270. The van der Waals surface area contributed by atoms with Crippen molar-refractivity contribution in [3.8, 4) is 0 Å². The van der Waals surface area contributed by atoms with Gasteiger partial charge in [-0.15, -0.1) is 0 Å². The van der Waals surface area contributed by atoms with Crippen LogP contribution in [0, 0.1) is 6.92 Å². The molecule has 0 saturated heterocycles. The number of aromatic nitrogens is 2. The molecule has 2 rings (SSSR count). The first-order chi connectivity index (χ1) is 8.15. The molecule has 2 aromatic heterocycles. The first-order valence-corrected chi connectivity index (χ1v) is 5.80. The lowest BCUT2D eigenvalue weighted by Gasteiger charge is -2.03. The zero-order chi connectivity index (χ0) is 12.3. The standard InChI is InChI=1S/C12H10BrN3O/c1-8-2-5-11(15-6-8)16-12(17)10-4-3-9(13)7-14-10/h2-7H,1H3,(H,15,16,17). The van der Waals surface area contributed by atoms with Crippen molar-refractivity contribution >= 4 is 27.7 Å². The molecular formula is C12H10BrN3O. The van der Waals surface area contributed by atoms with Gasteiger partial charge in [-0.2, -0.15) is 0 Å². The number of hydrogen-bond donors (Lipinski definition) is 1. The first-order valence-electron chi connectivity index (χ1n) is 5.01. The Morgan fingerprint density at radius 3 is 2.59 bits per heavy atom. The van der Waals surface area contributed by atoms with E-state index in [0.717, 1.165) is 10.0 Å². The van der Waals surface area contributed by atoms with Crippen molar-refractivity contribution in [2.24, 2.45) is 0 Å². The summed E-state index contributed by atoms with van der Waals surface area (Å²) in [5.74, 6) is 0.249. The molecule has 0 aliphatic heterocycles. The van der Waals surface area contributed by atoms with Crippen LogP contribution in [0.25, 0.3) is 0 Å². The Morgan fingerprint density at radius 1 is 1.18 bits per heavy atom. The molecular weight excluding hydrogens is 282 g/mol. The van der Waals surface area contributed by atoms with Crippen molar-refractivity contribution in [3.63, 3.8) is 0 Å². The van der Waals surface area contributed by atoms with Crippen molar-refractivity contribution in [2.45, 2.75) is 6.92 Å². The Balaban J connectivity index is 2.11. The largest absolute Gasteiger partial charge is 0.305 e. The summed E-state index contributed by atoms with van der Waals surface area (Å²) in [5.41, 5.74) is 1.40. The lowest BCUT2D eigenvalue weighted by atomic mass is 10.3. The highest BCUT2D eigenvalue weighted by molar-refractivity contribution is 9.10. The summed E-state index contributed by atoms with van der Waals surface area (Å²) in [5, 5.41) is 2.68. The second-order valence-corrected chi connectivity index (χ2v) is 4.45. The molecule has 0 aliphatic rings. The molecule has 1 amide bonds. The van der Waals surface area contributed by atoms with Crippen LogP contribution in [0.4, 0.5) is 5.82 Å². The number of nitrogens with zero attached hydrogens (tertiary/aromatic N) is 2. The SMILES string of the molecule is Cc1ccc(NC(=O)c2ccc(Br)cn2)nc1. The van der Waals surface area contributed by atoms with Crippen molar-refractivity contribution in [2.75, 3.05) is 5.32 Å². The molecule has 0 fully saturated rings. The van der Waals surface area contributed by atoms with Gasteiger partial charge in [-0.25, -0.2) is 9.97 Å². The molecule has 0 radical (unpaired) electrons. The van der Waals surface area contributed by atoms with Crippen LogP contribution in [0.2, 0.25) is 0 Å². The number of halogens is 1. The van der Waals surface area contributed by atoms with Gasteiger partial charge < -0.3 is 5.32 Å². The fourth-order valence-electron chi connectivity index (χ4n) is 1.23. The molecule has 0 aromatic carbocycles. The van der Waals surface area contributed by atoms with Gasteiger partial charge in [-0.3, -0.25) is 4.79 Å². The highest BCUT2D eigenvalue weighted by Gasteiger charge is 2.07. The molecule has 1 N–H and O–H groups in total. The third-order valence-corrected chi connectivity index (χ3v) is 2.58. The van der Waals surface area contributed by atoms with E-state index in [-0.39, 0.29) is 5.91 Å². The molecule has 2 aromatic rings. The number of aryl methyl sites for hydroxylation is 1.